The third-order valence-corrected chi connectivity index (χ3v) is 6.83. The number of nitrogen functional groups attached to an aromatic ring is 1. The summed E-state index contributed by atoms with van der Waals surface area (Å²) in [6.07, 6.45) is 1.33. The van der Waals surface area contributed by atoms with E-state index in [9.17, 15) is 13.6 Å². The monoisotopic (exact) mass is 496 g/mol. The summed E-state index contributed by atoms with van der Waals surface area (Å²) >= 11 is 1.46. The SMILES string of the molecule is COc1cc(-c2nc(-c3ccc(F)cc3)n(CC(=O)N3CCc4nc(N)sc4CC3)n2)ccc1F. The Morgan fingerprint density at radius 1 is 1.09 bits per heavy atom. The van der Waals surface area contributed by atoms with Crippen LogP contribution in [0, 0.1) is 11.6 Å². The molecular formula is C24H22F2N6O2S. The van der Waals surface area contributed by atoms with Gasteiger partial charge in [0.15, 0.2) is 28.3 Å². The maximum absolute atomic E-state index is 13.9. The molecule has 0 radical (unpaired) electrons. The Morgan fingerprint density at radius 2 is 1.83 bits per heavy atom. The first-order chi connectivity index (χ1) is 16.9. The van der Waals surface area contributed by atoms with E-state index in [0.717, 1.165) is 10.6 Å². The molecule has 2 aromatic heterocycles. The van der Waals surface area contributed by atoms with Crippen LogP contribution in [0.4, 0.5) is 13.9 Å². The molecule has 2 aromatic carbocycles. The van der Waals surface area contributed by atoms with Crippen molar-refractivity contribution in [1.29, 1.82) is 0 Å². The Kier molecular flexibility index (Phi) is 6.16. The Morgan fingerprint density at radius 3 is 2.60 bits per heavy atom. The molecule has 8 nitrogen and oxygen atoms in total. The van der Waals surface area contributed by atoms with E-state index >= 15 is 0 Å². The van der Waals surface area contributed by atoms with Gasteiger partial charge in [-0.15, -0.1) is 16.4 Å². The molecule has 0 saturated carbocycles. The summed E-state index contributed by atoms with van der Waals surface area (Å²) in [6.45, 7) is 1.02. The van der Waals surface area contributed by atoms with E-state index in [1.807, 2.05) is 0 Å². The van der Waals surface area contributed by atoms with Crippen molar-refractivity contribution in [2.45, 2.75) is 19.4 Å². The van der Waals surface area contributed by atoms with Crippen LogP contribution in [0.3, 0.4) is 0 Å². The van der Waals surface area contributed by atoms with E-state index in [1.54, 1.807) is 23.1 Å². The minimum atomic E-state index is -0.504. The number of carbonyl (C=O) groups is 1. The van der Waals surface area contributed by atoms with Crippen molar-refractivity contribution in [2.75, 3.05) is 25.9 Å². The molecule has 0 atom stereocenters. The molecule has 0 aliphatic carbocycles. The molecule has 180 valence electrons. The van der Waals surface area contributed by atoms with E-state index in [2.05, 4.69) is 15.1 Å². The summed E-state index contributed by atoms with van der Waals surface area (Å²) in [7, 11) is 1.38. The number of methoxy groups -OCH3 is 1. The number of nitrogens with two attached hydrogens (primary N) is 1. The number of halogens is 2. The van der Waals surface area contributed by atoms with Gasteiger partial charge in [0, 0.05) is 41.9 Å². The molecule has 2 N–H and O–H groups in total. The lowest BCUT2D eigenvalue weighted by Gasteiger charge is -2.20. The van der Waals surface area contributed by atoms with Crippen LogP contribution in [0.1, 0.15) is 10.6 Å². The summed E-state index contributed by atoms with van der Waals surface area (Å²) in [5, 5.41) is 5.09. The minimum Gasteiger partial charge on any atom is -0.494 e. The normalized spacial score (nSPS) is 13.4. The molecule has 0 unspecified atom stereocenters. The summed E-state index contributed by atoms with van der Waals surface area (Å²) in [6, 6.07) is 10.1. The van der Waals surface area contributed by atoms with Crippen LogP contribution in [0.2, 0.25) is 0 Å². The van der Waals surface area contributed by atoms with Crippen LogP contribution in [0.15, 0.2) is 42.5 Å². The van der Waals surface area contributed by atoms with Gasteiger partial charge in [-0.05, 0) is 42.5 Å². The van der Waals surface area contributed by atoms with Gasteiger partial charge in [0.05, 0.1) is 12.8 Å². The molecule has 0 fully saturated rings. The van der Waals surface area contributed by atoms with Crippen LogP contribution in [-0.4, -0.2) is 50.8 Å². The zero-order valence-corrected chi connectivity index (χ0v) is 19.7. The van der Waals surface area contributed by atoms with Gasteiger partial charge in [0.2, 0.25) is 5.91 Å². The van der Waals surface area contributed by atoms with Gasteiger partial charge < -0.3 is 15.4 Å². The average Bonchev–Trinajstić information content (AvgIpc) is 3.36. The summed E-state index contributed by atoms with van der Waals surface area (Å²) in [5.74, 6) is -0.247. The maximum Gasteiger partial charge on any atom is 0.244 e. The summed E-state index contributed by atoms with van der Waals surface area (Å²) in [5.41, 5.74) is 7.90. The fourth-order valence-corrected chi connectivity index (χ4v) is 4.91. The zero-order chi connectivity index (χ0) is 24.5. The highest BCUT2D eigenvalue weighted by Crippen LogP contribution is 2.28. The first-order valence-corrected chi connectivity index (χ1v) is 11.8. The second kappa shape index (κ2) is 9.41. The lowest BCUT2D eigenvalue weighted by atomic mass is 10.2. The molecule has 1 aliphatic heterocycles. The van der Waals surface area contributed by atoms with Crippen molar-refractivity contribution >= 4 is 22.4 Å². The van der Waals surface area contributed by atoms with Crippen molar-refractivity contribution in [3.05, 3.63) is 64.7 Å². The van der Waals surface area contributed by atoms with Crippen LogP contribution in [0.25, 0.3) is 22.8 Å². The van der Waals surface area contributed by atoms with Gasteiger partial charge >= 0.3 is 0 Å². The Balaban J connectivity index is 1.44. The molecule has 4 aromatic rings. The lowest BCUT2D eigenvalue weighted by molar-refractivity contribution is -0.131. The average molecular weight is 497 g/mol. The number of amides is 1. The van der Waals surface area contributed by atoms with Crippen LogP contribution < -0.4 is 10.5 Å². The quantitative estimate of drug-likeness (QED) is 0.454. The fraction of sp³-hybridized carbons (Fsp3) is 0.250. The number of nitrogens with zero attached hydrogens (tertiary/aromatic N) is 5. The highest BCUT2D eigenvalue weighted by molar-refractivity contribution is 7.15. The fourth-order valence-electron chi connectivity index (χ4n) is 4.05. The molecular weight excluding hydrogens is 474 g/mol. The van der Waals surface area contributed by atoms with Gasteiger partial charge in [-0.1, -0.05) is 0 Å². The number of thiazole rings is 1. The molecule has 0 saturated heterocycles. The Bertz CT molecular complexity index is 1360. The Labute approximate surface area is 204 Å². The van der Waals surface area contributed by atoms with E-state index in [-0.39, 0.29) is 24.0 Å². The van der Waals surface area contributed by atoms with Crippen molar-refractivity contribution in [2.24, 2.45) is 0 Å². The molecule has 1 aliphatic rings. The second-order valence-electron chi connectivity index (χ2n) is 8.08. The van der Waals surface area contributed by atoms with E-state index in [0.29, 0.717) is 53.8 Å². The first-order valence-electron chi connectivity index (χ1n) is 11.0. The van der Waals surface area contributed by atoms with Crippen molar-refractivity contribution in [3.63, 3.8) is 0 Å². The van der Waals surface area contributed by atoms with Crippen LogP contribution >= 0.6 is 11.3 Å². The molecule has 1 amide bonds. The third-order valence-electron chi connectivity index (χ3n) is 5.84. The van der Waals surface area contributed by atoms with Gasteiger partial charge in [-0.25, -0.2) is 23.4 Å². The molecule has 3 heterocycles. The van der Waals surface area contributed by atoms with Gasteiger partial charge in [0.25, 0.3) is 0 Å². The largest absolute Gasteiger partial charge is 0.494 e. The summed E-state index contributed by atoms with van der Waals surface area (Å²) in [4.78, 5) is 25.1. The van der Waals surface area contributed by atoms with Crippen molar-refractivity contribution in [1.82, 2.24) is 24.6 Å². The number of fused-ring (bicyclic) bond motifs is 1. The lowest BCUT2D eigenvalue weighted by Crippen LogP contribution is -2.36. The van der Waals surface area contributed by atoms with E-state index in [1.165, 1.54) is 47.4 Å². The number of ether oxygens (including phenoxy) is 1. The number of aromatic nitrogens is 4. The highest BCUT2D eigenvalue weighted by Gasteiger charge is 2.24. The number of carbonyl (C=O) groups excluding carboxylic acids is 1. The molecule has 11 heteroatoms. The smallest absolute Gasteiger partial charge is 0.244 e. The van der Waals surface area contributed by atoms with Crippen molar-refractivity contribution < 1.29 is 18.3 Å². The number of hydrogen-bond acceptors (Lipinski definition) is 7. The Hall–Kier alpha value is -3.86. The molecule has 0 bridgehead atoms. The standard InChI is InChI=1S/C24H22F2N6O2S/c1-34-19-12-15(4-7-17(19)26)22-29-23(14-2-5-16(25)6-3-14)32(30-22)13-21(33)31-10-8-18-20(9-11-31)35-24(27)28-18/h2-7,12H,8-11,13H2,1H3,(H2,27,28). The van der Waals surface area contributed by atoms with Crippen LogP contribution in [-0.2, 0) is 24.2 Å². The maximum atomic E-state index is 13.9. The number of anilines is 1. The number of hydrogen-bond donors (Lipinski definition) is 1. The number of benzene rings is 2. The van der Waals surface area contributed by atoms with E-state index < -0.39 is 5.82 Å². The van der Waals surface area contributed by atoms with Gasteiger partial charge in [0.1, 0.15) is 12.4 Å². The van der Waals surface area contributed by atoms with Gasteiger partial charge in [-0.3, -0.25) is 4.79 Å². The van der Waals surface area contributed by atoms with Crippen LogP contribution in [0.5, 0.6) is 5.75 Å². The number of rotatable bonds is 5. The second-order valence-corrected chi connectivity index (χ2v) is 9.19. The van der Waals surface area contributed by atoms with Gasteiger partial charge in [-0.2, -0.15) is 0 Å². The molecule has 35 heavy (non-hydrogen) atoms. The highest BCUT2D eigenvalue weighted by atomic mass is 32.1. The summed E-state index contributed by atoms with van der Waals surface area (Å²) < 4.78 is 34.0. The van der Waals surface area contributed by atoms with E-state index in [4.69, 9.17) is 10.5 Å². The van der Waals surface area contributed by atoms with Crippen molar-refractivity contribution in [3.8, 4) is 28.5 Å². The first kappa shape index (κ1) is 22.9. The predicted octanol–water partition coefficient (Wildman–Crippen LogP) is 3.57. The predicted molar refractivity (Wildman–Crippen MR) is 128 cm³/mol. The molecule has 5 rings (SSSR count). The third kappa shape index (κ3) is 4.72. The minimum absolute atomic E-state index is 0.0543. The topological polar surface area (TPSA) is 99.2 Å². The zero-order valence-electron chi connectivity index (χ0n) is 18.9. The molecule has 0 spiro atoms.